The molecule has 0 spiro atoms. The Morgan fingerprint density at radius 3 is 2.78 bits per heavy atom. The van der Waals surface area contributed by atoms with Gasteiger partial charge < -0.3 is 4.74 Å². The fraction of sp³-hybridized carbons (Fsp3) is 0.0909. The standard InChI is InChI=1S/C11H8FN3O3/c1-18-11(17)9-10(16)15(5-4-13-9)8-3-2-7(12)6-14-8/h2-6H,1H3. The van der Waals surface area contributed by atoms with Crippen LogP contribution in [0.15, 0.2) is 35.5 Å². The van der Waals surface area contributed by atoms with Crippen molar-refractivity contribution in [1.29, 1.82) is 0 Å². The number of nitrogens with zero attached hydrogens (tertiary/aromatic N) is 3. The summed E-state index contributed by atoms with van der Waals surface area (Å²) >= 11 is 0. The average Bonchev–Trinajstić information content (AvgIpc) is 2.39. The van der Waals surface area contributed by atoms with E-state index in [2.05, 4.69) is 14.7 Å². The number of aromatic nitrogens is 3. The first-order valence-corrected chi connectivity index (χ1v) is 4.91. The second-order valence-corrected chi connectivity index (χ2v) is 3.28. The van der Waals surface area contributed by atoms with Gasteiger partial charge in [0.2, 0.25) is 5.69 Å². The third-order valence-corrected chi connectivity index (χ3v) is 2.18. The molecule has 18 heavy (non-hydrogen) atoms. The molecule has 92 valence electrons. The molecule has 2 aromatic rings. The van der Waals surface area contributed by atoms with Gasteiger partial charge in [0.25, 0.3) is 5.56 Å². The van der Waals surface area contributed by atoms with Gasteiger partial charge in [-0.15, -0.1) is 0 Å². The van der Waals surface area contributed by atoms with E-state index in [0.29, 0.717) is 0 Å². The van der Waals surface area contributed by atoms with Crippen molar-refractivity contribution in [3.63, 3.8) is 0 Å². The molecule has 6 nitrogen and oxygen atoms in total. The Balaban J connectivity index is 2.56. The molecule has 0 aliphatic rings. The van der Waals surface area contributed by atoms with Crippen LogP contribution in [0.4, 0.5) is 4.39 Å². The number of rotatable bonds is 2. The van der Waals surface area contributed by atoms with Crippen molar-refractivity contribution in [3.05, 3.63) is 52.6 Å². The van der Waals surface area contributed by atoms with E-state index >= 15 is 0 Å². The Morgan fingerprint density at radius 1 is 1.39 bits per heavy atom. The maximum atomic E-state index is 12.7. The zero-order valence-corrected chi connectivity index (χ0v) is 9.33. The lowest BCUT2D eigenvalue weighted by atomic mass is 10.4. The van der Waals surface area contributed by atoms with Crippen molar-refractivity contribution in [2.75, 3.05) is 7.11 Å². The largest absolute Gasteiger partial charge is 0.464 e. The van der Waals surface area contributed by atoms with Crippen molar-refractivity contribution in [2.45, 2.75) is 0 Å². The molecule has 0 fully saturated rings. The molecule has 0 saturated carbocycles. The Bertz CT molecular complexity index is 637. The molecular weight excluding hydrogens is 241 g/mol. The molecule has 0 unspecified atom stereocenters. The summed E-state index contributed by atoms with van der Waals surface area (Å²) < 4.78 is 18.2. The summed E-state index contributed by atoms with van der Waals surface area (Å²) in [4.78, 5) is 30.6. The van der Waals surface area contributed by atoms with Crippen LogP contribution < -0.4 is 5.56 Å². The number of carbonyl (C=O) groups is 1. The van der Waals surface area contributed by atoms with Gasteiger partial charge in [-0.3, -0.25) is 9.36 Å². The number of halogens is 1. The van der Waals surface area contributed by atoms with Crippen LogP contribution in [-0.4, -0.2) is 27.6 Å². The molecule has 0 aliphatic carbocycles. The van der Waals surface area contributed by atoms with Crippen molar-refractivity contribution < 1.29 is 13.9 Å². The third kappa shape index (κ3) is 2.10. The highest BCUT2D eigenvalue weighted by atomic mass is 19.1. The number of methoxy groups -OCH3 is 1. The van der Waals surface area contributed by atoms with Crippen LogP contribution in [0.1, 0.15) is 10.5 Å². The number of hydrogen-bond acceptors (Lipinski definition) is 5. The molecule has 0 amide bonds. The minimum atomic E-state index is -0.837. The maximum absolute atomic E-state index is 12.7. The molecule has 0 aromatic carbocycles. The molecule has 7 heteroatoms. The van der Waals surface area contributed by atoms with Gasteiger partial charge in [0.05, 0.1) is 13.3 Å². The topological polar surface area (TPSA) is 74.1 Å². The van der Waals surface area contributed by atoms with Crippen LogP contribution in [0.3, 0.4) is 0 Å². The van der Waals surface area contributed by atoms with Crippen LogP contribution >= 0.6 is 0 Å². The molecule has 0 radical (unpaired) electrons. The minimum absolute atomic E-state index is 0.189. The van der Waals surface area contributed by atoms with Gasteiger partial charge in [-0.05, 0) is 12.1 Å². The highest BCUT2D eigenvalue weighted by Gasteiger charge is 2.15. The summed E-state index contributed by atoms with van der Waals surface area (Å²) in [5.74, 6) is -1.17. The zero-order chi connectivity index (χ0) is 13.1. The maximum Gasteiger partial charge on any atom is 0.362 e. The van der Waals surface area contributed by atoms with Gasteiger partial charge >= 0.3 is 5.97 Å². The summed E-state index contributed by atoms with van der Waals surface area (Å²) in [6.45, 7) is 0. The highest BCUT2D eigenvalue weighted by molar-refractivity contribution is 5.86. The van der Waals surface area contributed by atoms with Crippen LogP contribution in [-0.2, 0) is 4.74 Å². The third-order valence-electron chi connectivity index (χ3n) is 2.18. The fourth-order valence-corrected chi connectivity index (χ4v) is 1.34. The van der Waals surface area contributed by atoms with Gasteiger partial charge in [0.1, 0.15) is 11.6 Å². The number of pyridine rings is 1. The molecule has 0 atom stereocenters. The number of esters is 1. The SMILES string of the molecule is COC(=O)c1nccn(-c2ccc(F)cn2)c1=O. The van der Waals surface area contributed by atoms with E-state index in [1.807, 2.05) is 0 Å². The van der Waals surface area contributed by atoms with Crippen molar-refractivity contribution in [1.82, 2.24) is 14.5 Å². The fourth-order valence-electron chi connectivity index (χ4n) is 1.34. The second-order valence-electron chi connectivity index (χ2n) is 3.28. The molecular formula is C11H8FN3O3. The Morgan fingerprint density at radius 2 is 2.17 bits per heavy atom. The Kier molecular flexibility index (Phi) is 3.13. The summed E-state index contributed by atoms with van der Waals surface area (Å²) in [7, 11) is 1.15. The van der Waals surface area contributed by atoms with E-state index in [4.69, 9.17) is 0 Å². The normalized spacial score (nSPS) is 10.1. The van der Waals surface area contributed by atoms with E-state index < -0.39 is 17.3 Å². The smallest absolute Gasteiger partial charge is 0.362 e. The first kappa shape index (κ1) is 11.9. The number of hydrogen-bond donors (Lipinski definition) is 0. The second kappa shape index (κ2) is 4.74. The molecule has 0 saturated heterocycles. The van der Waals surface area contributed by atoms with Gasteiger partial charge in [-0.2, -0.15) is 0 Å². The molecule has 2 heterocycles. The Labute approximate surface area is 101 Å². The van der Waals surface area contributed by atoms with Crippen LogP contribution in [0.5, 0.6) is 0 Å². The van der Waals surface area contributed by atoms with Gasteiger partial charge in [0, 0.05) is 12.4 Å². The predicted molar refractivity (Wildman–Crippen MR) is 58.9 cm³/mol. The number of carbonyl (C=O) groups excluding carboxylic acids is 1. The van der Waals surface area contributed by atoms with E-state index in [0.717, 1.165) is 23.9 Å². The molecule has 0 bridgehead atoms. The first-order valence-electron chi connectivity index (χ1n) is 4.91. The summed E-state index contributed by atoms with van der Waals surface area (Å²) in [6.07, 6.45) is 3.56. The molecule has 2 rings (SSSR count). The van der Waals surface area contributed by atoms with E-state index in [1.165, 1.54) is 18.5 Å². The van der Waals surface area contributed by atoms with Crippen molar-refractivity contribution in [3.8, 4) is 5.82 Å². The van der Waals surface area contributed by atoms with Crippen molar-refractivity contribution >= 4 is 5.97 Å². The average molecular weight is 249 g/mol. The number of ether oxygens (including phenoxy) is 1. The van der Waals surface area contributed by atoms with Crippen molar-refractivity contribution in [2.24, 2.45) is 0 Å². The minimum Gasteiger partial charge on any atom is -0.464 e. The lowest BCUT2D eigenvalue weighted by molar-refractivity contribution is 0.0591. The van der Waals surface area contributed by atoms with Gasteiger partial charge in [-0.1, -0.05) is 0 Å². The summed E-state index contributed by atoms with van der Waals surface area (Å²) in [5, 5.41) is 0. The summed E-state index contributed by atoms with van der Waals surface area (Å²) in [5.41, 5.74) is -1.03. The zero-order valence-electron chi connectivity index (χ0n) is 9.33. The van der Waals surface area contributed by atoms with Crippen LogP contribution in [0.2, 0.25) is 0 Å². The van der Waals surface area contributed by atoms with E-state index in [-0.39, 0.29) is 11.5 Å². The predicted octanol–water partition coefficient (Wildman–Crippen LogP) is 0.553. The quantitative estimate of drug-likeness (QED) is 0.727. The van der Waals surface area contributed by atoms with Gasteiger partial charge in [-0.25, -0.2) is 19.2 Å². The molecule has 0 aliphatic heterocycles. The first-order chi connectivity index (χ1) is 8.63. The molecule has 0 N–H and O–H groups in total. The van der Waals surface area contributed by atoms with E-state index in [1.54, 1.807) is 0 Å². The lowest BCUT2D eigenvalue weighted by Crippen LogP contribution is -2.27. The lowest BCUT2D eigenvalue weighted by Gasteiger charge is -2.05. The Hall–Kier alpha value is -2.57. The molecule has 2 aromatic heterocycles. The van der Waals surface area contributed by atoms with Gasteiger partial charge in [0.15, 0.2) is 0 Å². The van der Waals surface area contributed by atoms with E-state index in [9.17, 15) is 14.0 Å². The monoisotopic (exact) mass is 249 g/mol. The van der Waals surface area contributed by atoms with Crippen LogP contribution in [0.25, 0.3) is 5.82 Å². The highest BCUT2D eigenvalue weighted by Crippen LogP contribution is 2.02. The summed E-state index contributed by atoms with van der Waals surface area (Å²) in [6, 6.07) is 2.48. The van der Waals surface area contributed by atoms with Crippen LogP contribution in [0, 0.1) is 5.82 Å².